The molecule has 1 fully saturated rings. The van der Waals surface area contributed by atoms with Gasteiger partial charge in [-0.2, -0.15) is 0 Å². The fourth-order valence-corrected chi connectivity index (χ4v) is 2.43. The summed E-state index contributed by atoms with van der Waals surface area (Å²) in [6.45, 7) is 4.16. The Hall–Kier alpha value is -1.22. The van der Waals surface area contributed by atoms with Crippen molar-refractivity contribution in [1.82, 2.24) is 5.32 Å². The summed E-state index contributed by atoms with van der Waals surface area (Å²) in [5, 5.41) is 3.38. The smallest absolute Gasteiger partial charge is 0.128 e. The number of methoxy groups -OCH3 is 2. The van der Waals surface area contributed by atoms with E-state index in [9.17, 15) is 0 Å². The van der Waals surface area contributed by atoms with Gasteiger partial charge in [0.2, 0.25) is 0 Å². The quantitative estimate of drug-likeness (QED) is 0.847. The molecule has 1 aromatic carbocycles. The molecule has 1 aromatic rings. The monoisotopic (exact) mass is 221 g/mol. The van der Waals surface area contributed by atoms with Crippen LogP contribution in [0.4, 0.5) is 0 Å². The Labute approximate surface area is 96.8 Å². The van der Waals surface area contributed by atoms with Gasteiger partial charge in [-0.3, -0.25) is 0 Å². The second-order valence-corrected chi connectivity index (χ2v) is 4.22. The van der Waals surface area contributed by atoms with Crippen LogP contribution in [0.5, 0.6) is 11.5 Å². The van der Waals surface area contributed by atoms with E-state index >= 15 is 0 Å². The minimum absolute atomic E-state index is 0.504. The molecule has 1 unspecified atom stereocenters. The number of benzene rings is 1. The molecule has 0 spiro atoms. The first-order valence-electron chi connectivity index (χ1n) is 5.70. The average molecular weight is 221 g/mol. The predicted molar refractivity (Wildman–Crippen MR) is 64.5 cm³/mol. The SMILES string of the molecule is COc1ccc(C)c(OC)c1C1CCNC1. The van der Waals surface area contributed by atoms with Gasteiger partial charge in [-0.15, -0.1) is 0 Å². The molecule has 2 rings (SSSR count). The van der Waals surface area contributed by atoms with E-state index in [0.717, 1.165) is 31.0 Å². The van der Waals surface area contributed by atoms with Crippen molar-refractivity contribution in [3.05, 3.63) is 23.3 Å². The minimum Gasteiger partial charge on any atom is -0.496 e. The van der Waals surface area contributed by atoms with E-state index < -0.39 is 0 Å². The molecule has 1 N–H and O–H groups in total. The van der Waals surface area contributed by atoms with Crippen LogP contribution in [0.15, 0.2) is 12.1 Å². The molecule has 0 aromatic heterocycles. The Bertz CT molecular complexity index is 370. The molecule has 0 bridgehead atoms. The highest BCUT2D eigenvalue weighted by atomic mass is 16.5. The zero-order valence-electron chi connectivity index (χ0n) is 10.2. The number of hydrogen-bond acceptors (Lipinski definition) is 3. The maximum Gasteiger partial charge on any atom is 0.128 e. The lowest BCUT2D eigenvalue weighted by Crippen LogP contribution is -2.10. The van der Waals surface area contributed by atoms with Gasteiger partial charge in [0, 0.05) is 18.0 Å². The normalized spacial score (nSPS) is 19.8. The summed E-state index contributed by atoms with van der Waals surface area (Å²) in [6, 6.07) is 4.08. The van der Waals surface area contributed by atoms with E-state index in [1.54, 1.807) is 14.2 Å². The van der Waals surface area contributed by atoms with E-state index in [0.29, 0.717) is 5.92 Å². The summed E-state index contributed by atoms with van der Waals surface area (Å²) in [7, 11) is 3.45. The van der Waals surface area contributed by atoms with Gasteiger partial charge >= 0.3 is 0 Å². The molecule has 16 heavy (non-hydrogen) atoms. The van der Waals surface area contributed by atoms with E-state index in [1.807, 2.05) is 12.1 Å². The van der Waals surface area contributed by atoms with Crippen LogP contribution in [-0.2, 0) is 0 Å². The minimum atomic E-state index is 0.504. The van der Waals surface area contributed by atoms with Crippen molar-refractivity contribution in [2.45, 2.75) is 19.3 Å². The van der Waals surface area contributed by atoms with E-state index in [4.69, 9.17) is 9.47 Å². The average Bonchev–Trinajstić information content (AvgIpc) is 2.81. The number of rotatable bonds is 3. The molecule has 0 aliphatic carbocycles. The maximum absolute atomic E-state index is 5.52. The third kappa shape index (κ3) is 1.87. The number of hydrogen-bond donors (Lipinski definition) is 1. The summed E-state index contributed by atoms with van der Waals surface area (Å²) >= 11 is 0. The third-order valence-corrected chi connectivity index (χ3v) is 3.25. The third-order valence-electron chi connectivity index (χ3n) is 3.25. The van der Waals surface area contributed by atoms with Crippen molar-refractivity contribution in [1.29, 1.82) is 0 Å². The van der Waals surface area contributed by atoms with E-state index in [-0.39, 0.29) is 0 Å². The van der Waals surface area contributed by atoms with Gasteiger partial charge in [-0.25, -0.2) is 0 Å². The maximum atomic E-state index is 5.52. The summed E-state index contributed by atoms with van der Waals surface area (Å²) in [4.78, 5) is 0. The van der Waals surface area contributed by atoms with Crippen LogP contribution in [0, 0.1) is 6.92 Å². The number of aryl methyl sites for hydroxylation is 1. The van der Waals surface area contributed by atoms with E-state index in [1.165, 1.54) is 11.1 Å². The van der Waals surface area contributed by atoms with Crippen LogP contribution < -0.4 is 14.8 Å². The van der Waals surface area contributed by atoms with Crippen molar-refractivity contribution in [2.24, 2.45) is 0 Å². The molecule has 3 heteroatoms. The molecular formula is C13H19NO2. The summed E-state index contributed by atoms with van der Waals surface area (Å²) in [5.74, 6) is 2.43. The molecule has 88 valence electrons. The van der Waals surface area contributed by atoms with Crippen LogP contribution in [0.3, 0.4) is 0 Å². The summed E-state index contributed by atoms with van der Waals surface area (Å²) < 4.78 is 11.0. The lowest BCUT2D eigenvalue weighted by atomic mass is 9.94. The summed E-state index contributed by atoms with van der Waals surface area (Å²) in [5.41, 5.74) is 2.39. The molecule has 1 aliphatic rings. The van der Waals surface area contributed by atoms with Crippen molar-refractivity contribution < 1.29 is 9.47 Å². The Kier molecular flexibility index (Phi) is 3.34. The molecule has 1 heterocycles. The summed E-state index contributed by atoms with van der Waals surface area (Å²) in [6.07, 6.45) is 1.15. The van der Waals surface area contributed by atoms with Crippen LogP contribution >= 0.6 is 0 Å². The first-order valence-corrected chi connectivity index (χ1v) is 5.70. The standard InChI is InChI=1S/C13H19NO2/c1-9-4-5-11(15-2)12(13(9)16-3)10-6-7-14-8-10/h4-5,10,14H,6-8H2,1-3H3. The second-order valence-electron chi connectivity index (χ2n) is 4.22. The largest absolute Gasteiger partial charge is 0.496 e. The molecule has 1 aliphatic heterocycles. The number of ether oxygens (including phenoxy) is 2. The van der Waals surface area contributed by atoms with Gasteiger partial charge in [-0.05, 0) is 31.5 Å². The molecule has 0 saturated carbocycles. The van der Waals surface area contributed by atoms with Crippen LogP contribution in [0.1, 0.15) is 23.5 Å². The van der Waals surface area contributed by atoms with Crippen LogP contribution in [0.2, 0.25) is 0 Å². The highest BCUT2D eigenvalue weighted by Crippen LogP contribution is 2.39. The Morgan fingerprint density at radius 2 is 2.06 bits per heavy atom. The molecule has 0 amide bonds. The van der Waals surface area contributed by atoms with Crippen molar-refractivity contribution in [2.75, 3.05) is 27.3 Å². The zero-order valence-corrected chi connectivity index (χ0v) is 10.2. The van der Waals surface area contributed by atoms with Gasteiger partial charge in [0.1, 0.15) is 11.5 Å². The number of nitrogens with one attached hydrogen (secondary N) is 1. The lowest BCUT2D eigenvalue weighted by Gasteiger charge is -2.19. The van der Waals surface area contributed by atoms with Crippen molar-refractivity contribution >= 4 is 0 Å². The Morgan fingerprint density at radius 1 is 1.25 bits per heavy atom. The molecule has 1 saturated heterocycles. The molecule has 0 radical (unpaired) electrons. The lowest BCUT2D eigenvalue weighted by molar-refractivity contribution is 0.378. The van der Waals surface area contributed by atoms with Gasteiger partial charge in [0.15, 0.2) is 0 Å². The highest BCUT2D eigenvalue weighted by Gasteiger charge is 2.24. The van der Waals surface area contributed by atoms with Crippen molar-refractivity contribution in [3.8, 4) is 11.5 Å². The van der Waals surface area contributed by atoms with Crippen LogP contribution in [0.25, 0.3) is 0 Å². The molecule has 1 atom stereocenters. The second kappa shape index (κ2) is 4.74. The highest BCUT2D eigenvalue weighted by molar-refractivity contribution is 5.52. The van der Waals surface area contributed by atoms with E-state index in [2.05, 4.69) is 12.2 Å². The van der Waals surface area contributed by atoms with Crippen LogP contribution in [-0.4, -0.2) is 27.3 Å². The predicted octanol–water partition coefficient (Wildman–Crippen LogP) is 2.09. The fraction of sp³-hybridized carbons (Fsp3) is 0.538. The van der Waals surface area contributed by atoms with Gasteiger partial charge in [0.25, 0.3) is 0 Å². The Morgan fingerprint density at radius 3 is 2.62 bits per heavy atom. The van der Waals surface area contributed by atoms with Gasteiger partial charge in [0.05, 0.1) is 14.2 Å². The van der Waals surface area contributed by atoms with Gasteiger partial charge in [-0.1, -0.05) is 6.07 Å². The zero-order chi connectivity index (χ0) is 11.5. The topological polar surface area (TPSA) is 30.5 Å². The first kappa shape index (κ1) is 11.3. The Balaban J connectivity index is 2.48. The fourth-order valence-electron chi connectivity index (χ4n) is 2.43. The molecule has 3 nitrogen and oxygen atoms in total. The molecular weight excluding hydrogens is 202 g/mol. The van der Waals surface area contributed by atoms with Crippen molar-refractivity contribution in [3.63, 3.8) is 0 Å². The van der Waals surface area contributed by atoms with Gasteiger partial charge < -0.3 is 14.8 Å². The first-order chi connectivity index (χ1) is 7.77.